The van der Waals surface area contributed by atoms with Crippen LogP contribution in [-0.2, 0) is 0 Å². The molecule has 0 fully saturated rings. The summed E-state index contributed by atoms with van der Waals surface area (Å²) >= 11 is 0. The third-order valence-corrected chi connectivity index (χ3v) is 2.57. The van der Waals surface area contributed by atoms with Crippen molar-refractivity contribution < 1.29 is 14.7 Å². The number of anilines is 1. The molecule has 0 saturated carbocycles. The highest BCUT2D eigenvalue weighted by Gasteiger charge is 2.14. The number of aromatic carboxylic acids is 1. The van der Waals surface area contributed by atoms with Crippen molar-refractivity contribution in [1.82, 2.24) is 15.2 Å². The second-order valence-corrected chi connectivity index (χ2v) is 3.98. The van der Waals surface area contributed by atoms with Gasteiger partial charge in [-0.05, 0) is 26.0 Å². The molecule has 0 aromatic carbocycles. The zero-order valence-corrected chi connectivity index (χ0v) is 10.4. The number of nitrogens with zero attached hydrogens (tertiary/aromatic N) is 2. The number of H-pyrrole nitrogens is 1. The van der Waals surface area contributed by atoms with Crippen LogP contribution in [0.5, 0.6) is 0 Å². The van der Waals surface area contributed by atoms with E-state index in [1.54, 1.807) is 13.8 Å². The summed E-state index contributed by atoms with van der Waals surface area (Å²) in [7, 11) is 0. The molecule has 2 heterocycles. The number of aromatic amines is 1. The lowest BCUT2D eigenvalue weighted by atomic mass is 10.2. The van der Waals surface area contributed by atoms with Crippen LogP contribution in [0.4, 0.5) is 5.69 Å². The Kier molecular flexibility index (Phi) is 3.28. The van der Waals surface area contributed by atoms with Crippen molar-refractivity contribution in [2.45, 2.75) is 13.8 Å². The van der Waals surface area contributed by atoms with Crippen LogP contribution in [0.15, 0.2) is 18.2 Å². The monoisotopic (exact) mass is 260 g/mol. The lowest BCUT2D eigenvalue weighted by Gasteiger charge is -2.05. The molecule has 1 amide bonds. The molecule has 2 aromatic rings. The van der Waals surface area contributed by atoms with E-state index in [1.165, 1.54) is 18.2 Å². The summed E-state index contributed by atoms with van der Waals surface area (Å²) in [5.41, 5.74) is 1.82. The number of carbonyl (C=O) groups is 2. The molecule has 0 atom stereocenters. The highest BCUT2D eigenvalue weighted by molar-refractivity contribution is 6.04. The maximum Gasteiger partial charge on any atom is 0.354 e. The molecule has 7 heteroatoms. The van der Waals surface area contributed by atoms with Crippen molar-refractivity contribution in [2.75, 3.05) is 5.32 Å². The van der Waals surface area contributed by atoms with E-state index in [4.69, 9.17) is 5.11 Å². The van der Waals surface area contributed by atoms with E-state index in [2.05, 4.69) is 20.5 Å². The zero-order valence-electron chi connectivity index (χ0n) is 10.4. The third kappa shape index (κ3) is 2.59. The Balaban J connectivity index is 2.25. The van der Waals surface area contributed by atoms with E-state index < -0.39 is 11.9 Å². The number of pyridine rings is 1. The SMILES string of the molecule is Cc1n[nH]c(C)c1NC(=O)c1cccc(C(=O)O)n1. The largest absolute Gasteiger partial charge is 0.477 e. The number of carboxylic acids is 1. The van der Waals surface area contributed by atoms with Crippen LogP contribution < -0.4 is 5.32 Å². The smallest absolute Gasteiger partial charge is 0.354 e. The summed E-state index contributed by atoms with van der Waals surface area (Å²) < 4.78 is 0. The predicted molar refractivity (Wildman–Crippen MR) is 67.2 cm³/mol. The average molecular weight is 260 g/mol. The Hall–Kier alpha value is -2.70. The maximum absolute atomic E-state index is 12.0. The van der Waals surface area contributed by atoms with Crippen LogP contribution in [-0.4, -0.2) is 32.2 Å². The minimum absolute atomic E-state index is 0.0416. The summed E-state index contributed by atoms with van der Waals surface area (Å²) in [5, 5.41) is 18.2. The standard InChI is InChI=1S/C12H12N4O3/c1-6-10(7(2)16-15-6)14-11(17)8-4-3-5-9(13-8)12(18)19/h3-5H,1-2H3,(H,14,17)(H,15,16)(H,18,19). The summed E-state index contributed by atoms with van der Waals surface area (Å²) in [6.45, 7) is 3.52. The number of hydrogen-bond acceptors (Lipinski definition) is 4. The molecule has 2 rings (SSSR count). The van der Waals surface area contributed by atoms with Crippen molar-refractivity contribution >= 4 is 17.6 Å². The molecular weight excluding hydrogens is 248 g/mol. The van der Waals surface area contributed by atoms with Crippen molar-refractivity contribution in [3.8, 4) is 0 Å². The summed E-state index contributed by atoms with van der Waals surface area (Å²) in [5.74, 6) is -1.65. The number of carboxylic acid groups (broad SMARTS) is 1. The van der Waals surface area contributed by atoms with Gasteiger partial charge in [-0.25, -0.2) is 9.78 Å². The van der Waals surface area contributed by atoms with Gasteiger partial charge in [0.2, 0.25) is 0 Å². The molecule has 19 heavy (non-hydrogen) atoms. The van der Waals surface area contributed by atoms with E-state index in [9.17, 15) is 9.59 Å². The number of carbonyl (C=O) groups excluding carboxylic acids is 1. The highest BCUT2D eigenvalue weighted by atomic mass is 16.4. The third-order valence-electron chi connectivity index (χ3n) is 2.57. The van der Waals surface area contributed by atoms with Crippen molar-refractivity contribution in [2.24, 2.45) is 0 Å². The molecule has 98 valence electrons. The molecule has 0 unspecified atom stereocenters. The molecule has 0 aliphatic heterocycles. The van der Waals surface area contributed by atoms with Crippen LogP contribution in [0.1, 0.15) is 32.4 Å². The van der Waals surface area contributed by atoms with Gasteiger partial charge in [0, 0.05) is 0 Å². The van der Waals surface area contributed by atoms with Gasteiger partial charge in [0.25, 0.3) is 5.91 Å². The Morgan fingerprint density at radius 1 is 1.26 bits per heavy atom. The van der Waals surface area contributed by atoms with Gasteiger partial charge in [0.05, 0.1) is 17.1 Å². The number of aryl methyl sites for hydroxylation is 2. The van der Waals surface area contributed by atoms with Crippen LogP contribution in [0, 0.1) is 13.8 Å². The first-order valence-corrected chi connectivity index (χ1v) is 5.52. The highest BCUT2D eigenvalue weighted by Crippen LogP contribution is 2.16. The molecule has 0 bridgehead atoms. The first kappa shape index (κ1) is 12.7. The number of amides is 1. The lowest BCUT2D eigenvalue weighted by molar-refractivity contribution is 0.0690. The summed E-state index contributed by atoms with van der Waals surface area (Å²) in [4.78, 5) is 26.5. The normalized spacial score (nSPS) is 10.2. The number of rotatable bonds is 3. The van der Waals surface area contributed by atoms with Gasteiger partial charge < -0.3 is 10.4 Å². The van der Waals surface area contributed by atoms with Crippen molar-refractivity contribution in [3.63, 3.8) is 0 Å². The second-order valence-electron chi connectivity index (χ2n) is 3.98. The molecule has 0 aliphatic rings. The number of nitrogens with one attached hydrogen (secondary N) is 2. The Bertz CT molecular complexity index is 629. The fourth-order valence-corrected chi connectivity index (χ4v) is 1.59. The molecule has 0 aliphatic carbocycles. The minimum Gasteiger partial charge on any atom is -0.477 e. The fraction of sp³-hybridized carbons (Fsp3) is 0.167. The van der Waals surface area contributed by atoms with Gasteiger partial charge >= 0.3 is 5.97 Å². The van der Waals surface area contributed by atoms with E-state index >= 15 is 0 Å². The van der Waals surface area contributed by atoms with E-state index in [0.717, 1.165) is 5.69 Å². The van der Waals surface area contributed by atoms with Gasteiger partial charge in [-0.15, -0.1) is 0 Å². The van der Waals surface area contributed by atoms with Gasteiger partial charge in [-0.2, -0.15) is 5.10 Å². The molecule has 0 spiro atoms. The van der Waals surface area contributed by atoms with Crippen LogP contribution >= 0.6 is 0 Å². The quantitative estimate of drug-likeness (QED) is 0.772. The Labute approximate surface area is 108 Å². The molecule has 3 N–H and O–H groups in total. The van der Waals surface area contributed by atoms with Crippen LogP contribution in [0.25, 0.3) is 0 Å². The van der Waals surface area contributed by atoms with E-state index in [0.29, 0.717) is 11.4 Å². The maximum atomic E-state index is 12.0. The first-order chi connectivity index (χ1) is 8.99. The van der Waals surface area contributed by atoms with Crippen LogP contribution in [0.2, 0.25) is 0 Å². The Morgan fingerprint density at radius 3 is 2.53 bits per heavy atom. The number of hydrogen-bond donors (Lipinski definition) is 3. The van der Waals surface area contributed by atoms with E-state index in [1.807, 2.05) is 0 Å². The van der Waals surface area contributed by atoms with Crippen LogP contribution in [0.3, 0.4) is 0 Å². The fourth-order valence-electron chi connectivity index (χ4n) is 1.59. The summed E-state index contributed by atoms with van der Waals surface area (Å²) in [6, 6.07) is 4.25. The molecule has 7 nitrogen and oxygen atoms in total. The van der Waals surface area contributed by atoms with Gasteiger partial charge in [0.15, 0.2) is 0 Å². The molecule has 2 aromatic heterocycles. The molecular formula is C12H12N4O3. The second kappa shape index (κ2) is 4.89. The lowest BCUT2D eigenvalue weighted by Crippen LogP contribution is -2.16. The van der Waals surface area contributed by atoms with E-state index in [-0.39, 0.29) is 11.4 Å². The average Bonchev–Trinajstić information content (AvgIpc) is 2.70. The van der Waals surface area contributed by atoms with Gasteiger partial charge in [-0.1, -0.05) is 6.07 Å². The van der Waals surface area contributed by atoms with Crippen molar-refractivity contribution in [1.29, 1.82) is 0 Å². The summed E-state index contributed by atoms with van der Waals surface area (Å²) in [6.07, 6.45) is 0. The van der Waals surface area contributed by atoms with Gasteiger partial charge in [0.1, 0.15) is 11.4 Å². The zero-order chi connectivity index (χ0) is 14.0. The predicted octanol–water partition coefficient (Wildman–Crippen LogP) is 1.37. The van der Waals surface area contributed by atoms with Gasteiger partial charge in [-0.3, -0.25) is 9.89 Å². The number of aromatic nitrogens is 3. The topological polar surface area (TPSA) is 108 Å². The minimum atomic E-state index is -1.18. The molecule has 0 saturated heterocycles. The first-order valence-electron chi connectivity index (χ1n) is 5.52. The van der Waals surface area contributed by atoms with Crippen molar-refractivity contribution in [3.05, 3.63) is 41.0 Å². The Morgan fingerprint density at radius 2 is 1.95 bits per heavy atom. The molecule has 0 radical (unpaired) electrons.